The molecule has 0 spiro atoms. The monoisotopic (exact) mass is 407 g/mol. The fourth-order valence-corrected chi connectivity index (χ4v) is 4.72. The number of esters is 2. The third-order valence-corrected chi connectivity index (χ3v) is 6.43. The minimum Gasteiger partial charge on any atom is -0.462 e. The van der Waals surface area contributed by atoms with Crippen LogP contribution in [0.5, 0.6) is 0 Å². The molecule has 3 fully saturated rings. The van der Waals surface area contributed by atoms with Gasteiger partial charge in [-0.1, -0.05) is 15.9 Å². The molecule has 1 aromatic rings. The average Bonchev–Trinajstić information content (AvgIpc) is 3.18. The third kappa shape index (κ3) is 2.84. The van der Waals surface area contributed by atoms with Crippen LogP contribution in [-0.2, 0) is 23.9 Å². The van der Waals surface area contributed by atoms with Crippen molar-refractivity contribution < 1.29 is 23.9 Å². The van der Waals surface area contributed by atoms with E-state index in [0.717, 1.165) is 22.9 Å². The fourth-order valence-electron chi connectivity index (χ4n) is 4.48. The Balaban J connectivity index is 1.34. The quantitative estimate of drug-likeness (QED) is 0.775. The van der Waals surface area contributed by atoms with Crippen LogP contribution in [0.1, 0.15) is 18.4 Å². The number of halogens is 1. The molecule has 0 unspecified atom stereocenters. The number of benzene rings is 1. The molecule has 2 aliphatic carbocycles. The van der Waals surface area contributed by atoms with Crippen LogP contribution in [0, 0.1) is 30.6 Å². The number of carbonyl (C=O) groups is 3. The Morgan fingerprint density at radius 2 is 2.16 bits per heavy atom. The Morgan fingerprint density at radius 1 is 1.36 bits per heavy atom. The Bertz CT molecular complexity index is 762. The number of rotatable bonds is 4. The van der Waals surface area contributed by atoms with Crippen molar-refractivity contribution in [2.75, 3.05) is 11.9 Å². The zero-order valence-corrected chi connectivity index (χ0v) is 15.2. The van der Waals surface area contributed by atoms with Crippen LogP contribution in [0.25, 0.3) is 0 Å². The maximum atomic E-state index is 12.4. The summed E-state index contributed by atoms with van der Waals surface area (Å²) in [7, 11) is 0. The summed E-state index contributed by atoms with van der Waals surface area (Å²) in [6.45, 7) is 1.57. The first-order chi connectivity index (χ1) is 11.9. The van der Waals surface area contributed by atoms with Gasteiger partial charge in [-0.2, -0.15) is 0 Å². The second kappa shape index (κ2) is 6.12. The van der Waals surface area contributed by atoms with Crippen molar-refractivity contribution >= 4 is 39.5 Å². The lowest BCUT2D eigenvalue weighted by molar-refractivity contribution is -0.157. The molecule has 25 heavy (non-hydrogen) atoms. The Kier molecular flexibility index (Phi) is 4.06. The largest absolute Gasteiger partial charge is 0.462 e. The van der Waals surface area contributed by atoms with Crippen molar-refractivity contribution in [3.8, 4) is 0 Å². The highest BCUT2D eigenvalue weighted by atomic mass is 79.9. The molecule has 132 valence electrons. The van der Waals surface area contributed by atoms with Crippen LogP contribution in [0.4, 0.5) is 5.69 Å². The number of hydrogen-bond donors (Lipinski definition) is 1. The first-order valence-electron chi connectivity index (χ1n) is 8.37. The predicted molar refractivity (Wildman–Crippen MR) is 91.5 cm³/mol. The molecule has 1 saturated heterocycles. The van der Waals surface area contributed by atoms with E-state index in [4.69, 9.17) is 9.47 Å². The molecule has 6 nitrogen and oxygen atoms in total. The molecule has 1 N–H and O–H groups in total. The molecule has 1 heterocycles. The second-order valence-corrected chi connectivity index (χ2v) is 7.90. The zero-order chi connectivity index (χ0) is 17.7. The minimum atomic E-state index is -0.461. The molecule has 7 heteroatoms. The molecule has 1 aromatic carbocycles. The van der Waals surface area contributed by atoms with Gasteiger partial charge in [0.2, 0.25) is 0 Å². The van der Waals surface area contributed by atoms with Gasteiger partial charge in [-0.3, -0.25) is 14.4 Å². The lowest BCUT2D eigenvalue weighted by Gasteiger charge is -2.22. The number of fused-ring (bicyclic) bond motifs is 1. The van der Waals surface area contributed by atoms with Gasteiger partial charge in [0, 0.05) is 16.1 Å². The molecule has 0 radical (unpaired) electrons. The maximum absolute atomic E-state index is 12.4. The van der Waals surface area contributed by atoms with Crippen LogP contribution in [0.2, 0.25) is 0 Å². The molecular formula is C18H18BrNO5. The molecule has 3 aliphatic rings. The van der Waals surface area contributed by atoms with E-state index in [2.05, 4.69) is 21.2 Å². The Morgan fingerprint density at radius 3 is 2.92 bits per heavy atom. The molecule has 2 bridgehead atoms. The zero-order valence-electron chi connectivity index (χ0n) is 13.7. The Hall–Kier alpha value is -1.89. The first kappa shape index (κ1) is 16.6. The first-order valence-corrected chi connectivity index (χ1v) is 9.16. The van der Waals surface area contributed by atoms with E-state index in [1.807, 2.05) is 19.1 Å². The molecule has 4 rings (SSSR count). The number of ether oxygens (including phenoxy) is 2. The van der Waals surface area contributed by atoms with Crippen molar-refractivity contribution in [1.82, 2.24) is 0 Å². The van der Waals surface area contributed by atoms with Crippen molar-refractivity contribution in [1.29, 1.82) is 0 Å². The molecular weight excluding hydrogens is 390 g/mol. The van der Waals surface area contributed by atoms with Gasteiger partial charge < -0.3 is 14.8 Å². The summed E-state index contributed by atoms with van der Waals surface area (Å²) in [6.07, 6.45) is 1.55. The van der Waals surface area contributed by atoms with Crippen molar-refractivity contribution in [2.45, 2.75) is 25.9 Å². The van der Waals surface area contributed by atoms with Gasteiger partial charge >= 0.3 is 11.9 Å². The highest BCUT2D eigenvalue weighted by Crippen LogP contribution is 2.57. The number of hydrogen-bond acceptors (Lipinski definition) is 5. The normalized spacial score (nSPS) is 31.8. The van der Waals surface area contributed by atoms with Gasteiger partial charge in [-0.15, -0.1) is 0 Å². The van der Waals surface area contributed by atoms with Crippen LogP contribution < -0.4 is 5.32 Å². The average molecular weight is 408 g/mol. The predicted octanol–water partition coefficient (Wildman–Crippen LogP) is 2.44. The van der Waals surface area contributed by atoms with E-state index in [1.54, 1.807) is 6.07 Å². The topological polar surface area (TPSA) is 81.7 Å². The SMILES string of the molecule is Cc1cc(NC(=O)COC(=O)[C@@H]2[C@@H]3C[C@@H]4[C@@H]2C(=O)O[C@H]4C3)ccc1Br. The molecule has 0 aromatic heterocycles. The Labute approximate surface area is 153 Å². The van der Waals surface area contributed by atoms with Crippen molar-refractivity contribution in [3.05, 3.63) is 28.2 Å². The fraction of sp³-hybridized carbons (Fsp3) is 0.500. The summed E-state index contributed by atoms with van der Waals surface area (Å²) in [5, 5.41) is 2.70. The van der Waals surface area contributed by atoms with E-state index in [-0.39, 0.29) is 36.4 Å². The number of aryl methyl sites for hydroxylation is 1. The number of anilines is 1. The third-order valence-electron chi connectivity index (χ3n) is 5.54. The number of carbonyl (C=O) groups excluding carboxylic acids is 3. The van der Waals surface area contributed by atoms with Gasteiger partial charge in [-0.25, -0.2) is 0 Å². The minimum absolute atomic E-state index is 0.0181. The van der Waals surface area contributed by atoms with Gasteiger partial charge in [0.25, 0.3) is 5.91 Å². The maximum Gasteiger partial charge on any atom is 0.310 e. The van der Waals surface area contributed by atoms with Gasteiger partial charge in [0.15, 0.2) is 6.61 Å². The molecule has 5 atom stereocenters. The second-order valence-electron chi connectivity index (χ2n) is 7.04. The lowest BCUT2D eigenvalue weighted by atomic mass is 9.80. The highest BCUT2D eigenvalue weighted by molar-refractivity contribution is 9.10. The van der Waals surface area contributed by atoms with E-state index in [1.165, 1.54) is 0 Å². The summed E-state index contributed by atoms with van der Waals surface area (Å²) in [6, 6.07) is 5.43. The number of amides is 1. The van der Waals surface area contributed by atoms with E-state index in [0.29, 0.717) is 5.69 Å². The van der Waals surface area contributed by atoms with Gasteiger partial charge in [0.1, 0.15) is 6.10 Å². The van der Waals surface area contributed by atoms with E-state index < -0.39 is 17.8 Å². The van der Waals surface area contributed by atoms with Crippen LogP contribution >= 0.6 is 15.9 Å². The standard InChI is InChI=1S/C18H18BrNO5/c1-8-4-10(2-3-12(8)19)20-14(21)7-24-17(22)15-9-5-11-13(6-9)25-18(23)16(11)15/h2-4,9,11,13,15-16H,5-7H2,1H3,(H,20,21)/t9-,11+,13+,15-,16+/m1/s1. The van der Waals surface area contributed by atoms with Gasteiger partial charge in [0.05, 0.1) is 11.8 Å². The van der Waals surface area contributed by atoms with Crippen molar-refractivity contribution in [3.63, 3.8) is 0 Å². The summed E-state index contributed by atoms with van der Waals surface area (Å²) in [5.41, 5.74) is 1.63. The lowest BCUT2D eigenvalue weighted by Crippen LogP contribution is -2.34. The molecule has 1 aliphatic heterocycles. The summed E-state index contributed by atoms with van der Waals surface area (Å²) in [5.74, 6) is -1.70. The van der Waals surface area contributed by atoms with Crippen molar-refractivity contribution in [2.24, 2.45) is 23.7 Å². The van der Waals surface area contributed by atoms with E-state index in [9.17, 15) is 14.4 Å². The number of nitrogens with one attached hydrogen (secondary N) is 1. The molecule has 1 amide bonds. The molecule has 2 saturated carbocycles. The summed E-state index contributed by atoms with van der Waals surface area (Å²) in [4.78, 5) is 36.4. The van der Waals surface area contributed by atoms with Gasteiger partial charge in [-0.05, 0) is 49.4 Å². The summed E-state index contributed by atoms with van der Waals surface area (Å²) < 4.78 is 11.5. The van der Waals surface area contributed by atoms with Crippen LogP contribution in [0.15, 0.2) is 22.7 Å². The van der Waals surface area contributed by atoms with Crippen LogP contribution in [0.3, 0.4) is 0 Å². The highest BCUT2D eigenvalue weighted by Gasteiger charge is 2.64. The van der Waals surface area contributed by atoms with Crippen LogP contribution in [-0.4, -0.2) is 30.6 Å². The smallest absolute Gasteiger partial charge is 0.310 e. The van der Waals surface area contributed by atoms with E-state index >= 15 is 0 Å². The summed E-state index contributed by atoms with van der Waals surface area (Å²) >= 11 is 3.40.